The molecule has 1 unspecified atom stereocenters. The Hall–Kier alpha value is -1.37. The summed E-state index contributed by atoms with van der Waals surface area (Å²) in [5.74, 6) is 0.258. The van der Waals surface area contributed by atoms with Crippen LogP contribution in [0.15, 0.2) is 35.0 Å². The van der Waals surface area contributed by atoms with Gasteiger partial charge in [0, 0.05) is 9.75 Å². The van der Waals surface area contributed by atoms with Gasteiger partial charge in [-0.25, -0.2) is 4.79 Å². The van der Waals surface area contributed by atoms with Gasteiger partial charge in [0.1, 0.15) is 5.60 Å². The summed E-state index contributed by atoms with van der Waals surface area (Å²) in [6.45, 7) is 0.777. The van der Waals surface area contributed by atoms with Crippen molar-refractivity contribution in [2.75, 3.05) is 6.54 Å². The zero-order chi connectivity index (χ0) is 14.7. The lowest BCUT2D eigenvalue weighted by atomic mass is 9.96. The van der Waals surface area contributed by atoms with Gasteiger partial charge in [-0.15, -0.1) is 22.7 Å². The summed E-state index contributed by atoms with van der Waals surface area (Å²) in [4.78, 5) is 13.9. The van der Waals surface area contributed by atoms with Crippen molar-refractivity contribution in [3.05, 3.63) is 44.8 Å². The standard InChI is InChI=1S/C15H18N2O2S2/c18-14(16-9-12-3-1-7-20-12)17-10-15(19,11-5-6-11)13-4-2-8-21-13/h1-4,7-8,11,19H,5-6,9-10H2,(H2,16,17,18). The first-order valence-electron chi connectivity index (χ1n) is 6.99. The SMILES string of the molecule is O=C(NCc1cccs1)NCC(O)(c1cccs1)C1CC1. The third-order valence-corrected chi connectivity index (χ3v) is 5.64. The maximum absolute atomic E-state index is 11.9. The van der Waals surface area contributed by atoms with E-state index in [1.54, 1.807) is 22.7 Å². The van der Waals surface area contributed by atoms with Gasteiger partial charge >= 0.3 is 6.03 Å². The molecule has 0 saturated heterocycles. The molecule has 0 bridgehead atoms. The highest BCUT2D eigenvalue weighted by molar-refractivity contribution is 7.10. The van der Waals surface area contributed by atoms with Gasteiger partial charge in [-0.1, -0.05) is 12.1 Å². The van der Waals surface area contributed by atoms with Crippen LogP contribution >= 0.6 is 22.7 Å². The van der Waals surface area contributed by atoms with E-state index >= 15 is 0 Å². The van der Waals surface area contributed by atoms with Crippen molar-refractivity contribution in [3.63, 3.8) is 0 Å². The van der Waals surface area contributed by atoms with E-state index in [2.05, 4.69) is 10.6 Å². The number of rotatable bonds is 6. The summed E-state index contributed by atoms with van der Waals surface area (Å²) >= 11 is 3.15. The van der Waals surface area contributed by atoms with E-state index < -0.39 is 5.60 Å². The lowest BCUT2D eigenvalue weighted by molar-refractivity contribution is 0.0196. The molecule has 2 aromatic heterocycles. The molecular weight excluding hydrogens is 304 g/mol. The van der Waals surface area contributed by atoms with Gasteiger partial charge in [-0.2, -0.15) is 0 Å². The molecule has 3 N–H and O–H groups in total. The van der Waals surface area contributed by atoms with E-state index in [1.807, 2.05) is 35.0 Å². The van der Waals surface area contributed by atoms with E-state index in [0.29, 0.717) is 6.54 Å². The molecule has 0 spiro atoms. The van der Waals surface area contributed by atoms with Crippen molar-refractivity contribution < 1.29 is 9.90 Å². The van der Waals surface area contributed by atoms with Crippen LogP contribution in [0.3, 0.4) is 0 Å². The predicted octanol–water partition coefficient (Wildman–Crippen LogP) is 2.91. The first-order valence-corrected chi connectivity index (χ1v) is 8.75. The Labute approximate surface area is 131 Å². The topological polar surface area (TPSA) is 61.4 Å². The average Bonchev–Trinajstić information content (AvgIpc) is 3.00. The summed E-state index contributed by atoms with van der Waals surface area (Å²) in [5, 5.41) is 20.4. The third kappa shape index (κ3) is 3.45. The molecule has 2 amide bonds. The second kappa shape index (κ2) is 6.17. The number of hydrogen-bond acceptors (Lipinski definition) is 4. The van der Waals surface area contributed by atoms with Crippen LogP contribution in [0.25, 0.3) is 0 Å². The third-order valence-electron chi connectivity index (χ3n) is 3.72. The molecule has 1 aliphatic rings. The molecule has 1 aliphatic carbocycles. The van der Waals surface area contributed by atoms with E-state index in [4.69, 9.17) is 0 Å². The van der Waals surface area contributed by atoms with E-state index in [-0.39, 0.29) is 18.5 Å². The van der Waals surface area contributed by atoms with Crippen molar-refractivity contribution in [2.45, 2.75) is 25.0 Å². The van der Waals surface area contributed by atoms with Gasteiger partial charge in [0.05, 0.1) is 13.1 Å². The number of carbonyl (C=O) groups excluding carboxylic acids is 1. The van der Waals surface area contributed by atoms with Gasteiger partial charge in [0.25, 0.3) is 0 Å². The number of amides is 2. The molecule has 1 fully saturated rings. The fraction of sp³-hybridized carbons (Fsp3) is 0.400. The van der Waals surface area contributed by atoms with Crippen LogP contribution in [0.5, 0.6) is 0 Å². The number of thiophene rings is 2. The number of urea groups is 1. The molecule has 0 radical (unpaired) electrons. The largest absolute Gasteiger partial charge is 0.382 e. The maximum Gasteiger partial charge on any atom is 0.315 e. The Bertz CT molecular complexity index is 579. The highest BCUT2D eigenvalue weighted by Gasteiger charge is 2.45. The Morgan fingerprint density at radius 3 is 2.62 bits per heavy atom. The smallest absolute Gasteiger partial charge is 0.315 e. The minimum Gasteiger partial charge on any atom is -0.382 e. The van der Waals surface area contributed by atoms with Crippen molar-refractivity contribution >= 4 is 28.7 Å². The number of aliphatic hydroxyl groups is 1. The molecule has 6 heteroatoms. The van der Waals surface area contributed by atoms with E-state index in [1.165, 1.54) is 0 Å². The predicted molar refractivity (Wildman–Crippen MR) is 85.5 cm³/mol. The van der Waals surface area contributed by atoms with Crippen LogP contribution < -0.4 is 10.6 Å². The summed E-state index contributed by atoms with van der Waals surface area (Å²) in [6, 6.07) is 7.58. The van der Waals surface area contributed by atoms with Gasteiger partial charge < -0.3 is 15.7 Å². The summed E-state index contributed by atoms with van der Waals surface area (Å²) in [6.07, 6.45) is 2.04. The highest BCUT2D eigenvalue weighted by atomic mass is 32.1. The number of hydrogen-bond donors (Lipinski definition) is 3. The number of carbonyl (C=O) groups is 1. The van der Waals surface area contributed by atoms with E-state index in [0.717, 1.165) is 22.6 Å². The minimum absolute atomic E-state index is 0.237. The Kier molecular flexibility index (Phi) is 4.28. The molecular formula is C15H18N2O2S2. The zero-order valence-electron chi connectivity index (χ0n) is 11.5. The fourth-order valence-corrected chi connectivity index (χ4v) is 3.92. The summed E-state index contributed by atoms with van der Waals surface area (Å²) in [7, 11) is 0. The quantitative estimate of drug-likeness (QED) is 0.766. The van der Waals surface area contributed by atoms with Crippen molar-refractivity contribution in [1.29, 1.82) is 0 Å². The van der Waals surface area contributed by atoms with Gasteiger partial charge in [-0.05, 0) is 41.7 Å². The van der Waals surface area contributed by atoms with Crippen LogP contribution in [-0.2, 0) is 12.1 Å². The molecule has 4 nitrogen and oxygen atoms in total. The van der Waals surface area contributed by atoms with Gasteiger partial charge in [-0.3, -0.25) is 0 Å². The Morgan fingerprint density at radius 2 is 2.00 bits per heavy atom. The summed E-state index contributed by atoms with van der Waals surface area (Å²) in [5.41, 5.74) is -0.922. The van der Waals surface area contributed by atoms with Crippen molar-refractivity contribution in [3.8, 4) is 0 Å². The lowest BCUT2D eigenvalue weighted by Crippen LogP contribution is -2.45. The van der Waals surface area contributed by atoms with Crippen LogP contribution in [-0.4, -0.2) is 17.7 Å². The molecule has 2 aromatic rings. The van der Waals surface area contributed by atoms with Crippen LogP contribution in [0, 0.1) is 5.92 Å². The Morgan fingerprint density at radius 1 is 1.24 bits per heavy atom. The maximum atomic E-state index is 11.9. The highest BCUT2D eigenvalue weighted by Crippen LogP contribution is 2.46. The summed E-state index contributed by atoms with van der Waals surface area (Å²) < 4.78 is 0. The average molecular weight is 322 g/mol. The monoisotopic (exact) mass is 322 g/mol. The minimum atomic E-state index is -0.922. The normalized spacial score (nSPS) is 17.2. The first-order chi connectivity index (χ1) is 10.2. The molecule has 1 atom stereocenters. The Balaban J connectivity index is 1.54. The van der Waals surface area contributed by atoms with Crippen molar-refractivity contribution in [2.24, 2.45) is 5.92 Å². The molecule has 0 aliphatic heterocycles. The molecule has 3 rings (SSSR count). The number of nitrogens with one attached hydrogen (secondary N) is 2. The van der Waals surface area contributed by atoms with Crippen LogP contribution in [0.1, 0.15) is 22.6 Å². The molecule has 112 valence electrons. The second-order valence-electron chi connectivity index (χ2n) is 5.29. The van der Waals surface area contributed by atoms with Gasteiger partial charge in [0.2, 0.25) is 0 Å². The lowest BCUT2D eigenvalue weighted by Gasteiger charge is -2.27. The van der Waals surface area contributed by atoms with Gasteiger partial charge in [0.15, 0.2) is 0 Å². The zero-order valence-corrected chi connectivity index (χ0v) is 13.2. The molecule has 1 saturated carbocycles. The van der Waals surface area contributed by atoms with Crippen LogP contribution in [0.2, 0.25) is 0 Å². The molecule has 2 heterocycles. The second-order valence-corrected chi connectivity index (χ2v) is 7.27. The fourth-order valence-electron chi connectivity index (χ4n) is 2.38. The molecule has 21 heavy (non-hydrogen) atoms. The van der Waals surface area contributed by atoms with E-state index in [9.17, 15) is 9.90 Å². The molecule has 0 aromatic carbocycles. The van der Waals surface area contributed by atoms with Crippen molar-refractivity contribution in [1.82, 2.24) is 10.6 Å². The van der Waals surface area contributed by atoms with Crippen LogP contribution in [0.4, 0.5) is 4.79 Å². The first kappa shape index (κ1) is 14.6.